The topological polar surface area (TPSA) is 63.8 Å². The van der Waals surface area contributed by atoms with Gasteiger partial charge in [-0.05, 0) is 30.4 Å². The molecule has 0 saturated carbocycles. The van der Waals surface area contributed by atoms with Crippen molar-refractivity contribution in [1.82, 2.24) is 5.43 Å². The third-order valence-electron chi connectivity index (χ3n) is 2.49. The van der Waals surface area contributed by atoms with Gasteiger partial charge in [0.15, 0.2) is 5.76 Å². The lowest BCUT2D eigenvalue weighted by atomic mass is 10.2. The number of ether oxygens (including phenoxy) is 1. The monoisotopic (exact) mass is 270 g/mol. The summed E-state index contributed by atoms with van der Waals surface area (Å²) in [6, 6.07) is 10.8. The molecular formula is C15H14N2O3. The Bertz CT molecular complexity index is 616. The number of para-hydroxylation sites is 1. The summed E-state index contributed by atoms with van der Waals surface area (Å²) in [5.74, 6) is 0.601. The summed E-state index contributed by atoms with van der Waals surface area (Å²) < 4.78 is 10.1. The third kappa shape index (κ3) is 3.58. The van der Waals surface area contributed by atoms with E-state index in [-0.39, 0.29) is 5.76 Å². The standard InChI is InChI=1S/C15H14N2O3/c1-19-13-8-3-2-6-12(13)7-4-10-16-17-15(18)14-9-5-11-20-14/h2-11H,1H3,(H,17,18)/b7-4-,16-10+. The Morgan fingerprint density at radius 1 is 1.30 bits per heavy atom. The molecule has 0 bridgehead atoms. The van der Waals surface area contributed by atoms with Crippen LogP contribution in [0.5, 0.6) is 5.75 Å². The molecule has 0 atom stereocenters. The number of hydrazone groups is 1. The molecule has 1 aromatic heterocycles. The molecule has 1 heterocycles. The number of rotatable bonds is 5. The van der Waals surface area contributed by atoms with E-state index in [1.807, 2.05) is 30.3 Å². The highest BCUT2D eigenvalue weighted by molar-refractivity contribution is 5.92. The molecule has 0 unspecified atom stereocenters. The molecule has 1 amide bonds. The summed E-state index contributed by atoms with van der Waals surface area (Å²) in [5, 5.41) is 3.79. The number of methoxy groups -OCH3 is 1. The minimum Gasteiger partial charge on any atom is -0.496 e. The molecule has 0 saturated heterocycles. The van der Waals surface area contributed by atoms with E-state index in [0.29, 0.717) is 0 Å². The Morgan fingerprint density at radius 3 is 2.90 bits per heavy atom. The molecule has 1 N–H and O–H groups in total. The second-order valence-electron chi connectivity index (χ2n) is 3.80. The second-order valence-corrected chi connectivity index (χ2v) is 3.80. The van der Waals surface area contributed by atoms with Gasteiger partial charge in [0.1, 0.15) is 5.75 Å². The largest absolute Gasteiger partial charge is 0.496 e. The maximum absolute atomic E-state index is 11.5. The molecule has 102 valence electrons. The van der Waals surface area contributed by atoms with Crippen molar-refractivity contribution in [2.75, 3.05) is 7.11 Å². The van der Waals surface area contributed by atoms with Crippen molar-refractivity contribution in [1.29, 1.82) is 0 Å². The van der Waals surface area contributed by atoms with Gasteiger partial charge in [0.05, 0.1) is 13.4 Å². The number of benzene rings is 1. The molecule has 0 aliphatic carbocycles. The average Bonchev–Trinajstić information content (AvgIpc) is 3.01. The molecule has 5 heteroatoms. The second kappa shape index (κ2) is 6.94. The van der Waals surface area contributed by atoms with Gasteiger partial charge in [0.2, 0.25) is 0 Å². The van der Waals surface area contributed by atoms with Crippen LogP contribution >= 0.6 is 0 Å². The Morgan fingerprint density at radius 2 is 2.15 bits per heavy atom. The highest BCUT2D eigenvalue weighted by Crippen LogP contribution is 2.18. The predicted octanol–water partition coefficient (Wildman–Crippen LogP) is 2.72. The molecule has 2 aromatic rings. The first-order valence-electron chi connectivity index (χ1n) is 5.98. The highest BCUT2D eigenvalue weighted by atomic mass is 16.5. The molecular weight excluding hydrogens is 256 g/mol. The number of nitrogens with zero attached hydrogens (tertiary/aromatic N) is 1. The fourth-order valence-electron chi connectivity index (χ4n) is 1.55. The van der Waals surface area contributed by atoms with Crippen LogP contribution in [0, 0.1) is 0 Å². The van der Waals surface area contributed by atoms with Crippen molar-refractivity contribution in [3.8, 4) is 5.75 Å². The van der Waals surface area contributed by atoms with Crippen LogP contribution in [0.2, 0.25) is 0 Å². The minimum absolute atomic E-state index is 0.218. The lowest BCUT2D eigenvalue weighted by molar-refractivity contribution is 0.0927. The third-order valence-corrected chi connectivity index (χ3v) is 2.49. The van der Waals surface area contributed by atoms with E-state index in [1.165, 1.54) is 12.5 Å². The summed E-state index contributed by atoms with van der Waals surface area (Å²) >= 11 is 0. The maximum atomic E-state index is 11.5. The van der Waals surface area contributed by atoms with Crippen LogP contribution in [0.4, 0.5) is 0 Å². The summed E-state index contributed by atoms with van der Waals surface area (Å²) in [5.41, 5.74) is 3.28. The Hall–Kier alpha value is -2.82. The van der Waals surface area contributed by atoms with Crippen LogP contribution in [0.3, 0.4) is 0 Å². The first-order chi connectivity index (χ1) is 9.81. The molecule has 0 spiro atoms. The first kappa shape index (κ1) is 13.6. The van der Waals surface area contributed by atoms with Gasteiger partial charge in [-0.2, -0.15) is 5.10 Å². The zero-order chi connectivity index (χ0) is 14.2. The van der Waals surface area contributed by atoms with Gasteiger partial charge in [-0.15, -0.1) is 0 Å². The number of furan rings is 1. The lowest BCUT2D eigenvalue weighted by Crippen LogP contribution is -2.16. The maximum Gasteiger partial charge on any atom is 0.307 e. The molecule has 0 aliphatic rings. The van der Waals surface area contributed by atoms with Crippen molar-refractivity contribution < 1.29 is 13.9 Å². The Balaban J connectivity index is 1.90. The zero-order valence-electron chi connectivity index (χ0n) is 10.9. The summed E-state index contributed by atoms with van der Waals surface area (Å²) in [6.45, 7) is 0. The SMILES string of the molecule is COc1ccccc1/C=C\C=N\NC(=O)c1ccco1. The quantitative estimate of drug-likeness (QED) is 0.671. The van der Waals surface area contributed by atoms with Crippen LogP contribution in [0.1, 0.15) is 16.1 Å². The number of allylic oxidation sites excluding steroid dienone is 1. The fraction of sp³-hybridized carbons (Fsp3) is 0.0667. The first-order valence-corrected chi connectivity index (χ1v) is 5.98. The van der Waals surface area contributed by atoms with Crippen LogP contribution in [0.15, 0.2) is 58.3 Å². The van der Waals surface area contributed by atoms with Gasteiger partial charge in [-0.3, -0.25) is 4.79 Å². The number of hydrogen-bond donors (Lipinski definition) is 1. The smallest absolute Gasteiger partial charge is 0.307 e. The van der Waals surface area contributed by atoms with E-state index in [0.717, 1.165) is 11.3 Å². The molecule has 1 aromatic carbocycles. The van der Waals surface area contributed by atoms with Crippen LogP contribution in [-0.2, 0) is 0 Å². The van der Waals surface area contributed by atoms with Gasteiger partial charge >= 0.3 is 5.91 Å². The Kier molecular flexibility index (Phi) is 4.72. The van der Waals surface area contributed by atoms with Gasteiger partial charge in [0.25, 0.3) is 0 Å². The lowest BCUT2D eigenvalue weighted by Gasteiger charge is -2.02. The summed E-state index contributed by atoms with van der Waals surface area (Å²) in [4.78, 5) is 11.5. The van der Waals surface area contributed by atoms with Gasteiger partial charge in [-0.25, -0.2) is 5.43 Å². The van der Waals surface area contributed by atoms with E-state index in [9.17, 15) is 4.79 Å². The summed E-state index contributed by atoms with van der Waals surface area (Å²) in [6.07, 6.45) is 6.45. The molecule has 0 radical (unpaired) electrons. The number of hydrogen-bond acceptors (Lipinski definition) is 4. The van der Waals surface area contributed by atoms with Crippen molar-refractivity contribution in [3.05, 3.63) is 60.1 Å². The van der Waals surface area contributed by atoms with Crippen molar-refractivity contribution >= 4 is 18.2 Å². The Labute approximate surface area is 116 Å². The van der Waals surface area contributed by atoms with Crippen LogP contribution in [0.25, 0.3) is 6.08 Å². The van der Waals surface area contributed by atoms with E-state index in [4.69, 9.17) is 9.15 Å². The van der Waals surface area contributed by atoms with E-state index >= 15 is 0 Å². The number of nitrogens with one attached hydrogen (secondary N) is 1. The van der Waals surface area contributed by atoms with E-state index in [1.54, 1.807) is 25.3 Å². The molecule has 0 aliphatic heterocycles. The predicted molar refractivity (Wildman–Crippen MR) is 76.7 cm³/mol. The van der Waals surface area contributed by atoms with Gasteiger partial charge < -0.3 is 9.15 Å². The molecule has 5 nitrogen and oxygen atoms in total. The van der Waals surface area contributed by atoms with E-state index in [2.05, 4.69) is 10.5 Å². The van der Waals surface area contributed by atoms with Gasteiger partial charge in [0, 0.05) is 11.8 Å². The number of carbonyl (C=O) groups excluding carboxylic acids is 1. The van der Waals surface area contributed by atoms with Crippen molar-refractivity contribution in [2.45, 2.75) is 0 Å². The van der Waals surface area contributed by atoms with E-state index < -0.39 is 5.91 Å². The fourth-order valence-corrected chi connectivity index (χ4v) is 1.55. The normalized spacial score (nSPS) is 11.1. The number of amides is 1. The zero-order valence-corrected chi connectivity index (χ0v) is 10.9. The van der Waals surface area contributed by atoms with Crippen molar-refractivity contribution in [3.63, 3.8) is 0 Å². The molecule has 2 rings (SSSR count). The number of carbonyl (C=O) groups is 1. The highest BCUT2D eigenvalue weighted by Gasteiger charge is 2.05. The average molecular weight is 270 g/mol. The van der Waals surface area contributed by atoms with Crippen molar-refractivity contribution in [2.24, 2.45) is 5.10 Å². The van der Waals surface area contributed by atoms with Crippen LogP contribution in [-0.4, -0.2) is 19.2 Å². The summed E-state index contributed by atoms with van der Waals surface area (Å²) in [7, 11) is 1.62. The minimum atomic E-state index is -0.392. The van der Waals surface area contributed by atoms with Crippen LogP contribution < -0.4 is 10.2 Å². The van der Waals surface area contributed by atoms with Gasteiger partial charge in [-0.1, -0.05) is 18.2 Å². The molecule has 20 heavy (non-hydrogen) atoms. The molecule has 0 fully saturated rings.